The largest absolute Gasteiger partial charge is 0.323 e. The van der Waals surface area contributed by atoms with E-state index in [4.69, 9.17) is 4.18 Å². The van der Waals surface area contributed by atoms with Crippen molar-refractivity contribution in [2.24, 2.45) is 0 Å². The third-order valence-corrected chi connectivity index (χ3v) is 4.46. The van der Waals surface area contributed by atoms with Crippen LogP contribution in [0.15, 0.2) is 48.5 Å². The molecule has 1 amide bonds. The maximum atomic E-state index is 13.5. The second-order valence-corrected chi connectivity index (χ2v) is 7.33. The molecule has 0 spiro atoms. The molecule has 0 saturated carbocycles. The molecule has 0 aliphatic carbocycles. The minimum absolute atomic E-state index is 0.334. The predicted molar refractivity (Wildman–Crippen MR) is 87.6 cm³/mol. The minimum atomic E-state index is -3.84. The van der Waals surface area contributed by atoms with Gasteiger partial charge in [0.1, 0.15) is 5.82 Å². The number of hydrogen-bond acceptors (Lipinski definition) is 4. The summed E-state index contributed by atoms with van der Waals surface area (Å²) < 4.78 is 41.7. The van der Waals surface area contributed by atoms with E-state index in [0.29, 0.717) is 12.1 Å². The Bertz CT molecular complexity index is 867. The van der Waals surface area contributed by atoms with Crippen molar-refractivity contribution in [2.75, 3.05) is 11.6 Å². The summed E-state index contributed by atoms with van der Waals surface area (Å²) in [6.45, 7) is 0. The highest BCUT2D eigenvalue weighted by Gasteiger charge is 2.37. The molecule has 2 aromatic carbocycles. The van der Waals surface area contributed by atoms with Crippen LogP contribution in [0.25, 0.3) is 0 Å². The zero-order valence-corrected chi connectivity index (χ0v) is 13.7. The monoisotopic (exact) mass is 349 g/mol. The lowest BCUT2D eigenvalue weighted by Gasteiger charge is -2.23. The molecule has 1 N–H and O–H groups in total. The van der Waals surface area contributed by atoms with Gasteiger partial charge < -0.3 is 5.32 Å². The van der Waals surface area contributed by atoms with E-state index < -0.39 is 33.9 Å². The summed E-state index contributed by atoms with van der Waals surface area (Å²) in [5.74, 6) is -1.60. The number of amides is 1. The highest BCUT2D eigenvalue weighted by Crippen LogP contribution is 2.34. The van der Waals surface area contributed by atoms with Crippen molar-refractivity contribution >= 4 is 21.7 Å². The molecule has 24 heavy (non-hydrogen) atoms. The lowest BCUT2D eigenvalue weighted by Crippen LogP contribution is -2.36. The molecule has 126 valence electrons. The lowest BCUT2D eigenvalue weighted by atomic mass is 9.88. The molecule has 0 fully saturated rings. The average Bonchev–Trinajstić information content (AvgIpc) is 2.64. The molecule has 5 nitrogen and oxygen atoms in total. The average molecular weight is 349 g/mol. The standard InChI is InChI=1S/C17H16FNO4S/c1-24(21,22)23-16-14(11-5-3-2-4-6-11)9-12-7-8-13(18)10-15(12)19-17(16)20/h2-8,10,14,16H,9H2,1H3,(H,19,20)/t14-,16+/m1/s1. The van der Waals surface area contributed by atoms with Crippen molar-refractivity contribution in [3.63, 3.8) is 0 Å². The molecule has 0 unspecified atom stereocenters. The fourth-order valence-corrected chi connectivity index (χ4v) is 3.46. The van der Waals surface area contributed by atoms with E-state index in [2.05, 4.69) is 5.32 Å². The summed E-state index contributed by atoms with van der Waals surface area (Å²) in [6, 6.07) is 13.2. The number of fused-ring (bicyclic) bond motifs is 1. The molecular weight excluding hydrogens is 333 g/mol. The Balaban J connectivity index is 2.08. The van der Waals surface area contributed by atoms with Crippen LogP contribution < -0.4 is 5.32 Å². The number of benzene rings is 2. The Labute approximate surface area is 139 Å². The van der Waals surface area contributed by atoms with Crippen molar-refractivity contribution in [3.05, 3.63) is 65.5 Å². The first-order valence-corrected chi connectivity index (χ1v) is 9.17. The summed E-state index contributed by atoms with van der Waals surface area (Å²) in [4.78, 5) is 12.5. The van der Waals surface area contributed by atoms with Gasteiger partial charge in [0.15, 0.2) is 6.10 Å². The number of carbonyl (C=O) groups excluding carboxylic acids is 1. The quantitative estimate of drug-likeness (QED) is 0.864. The zero-order chi connectivity index (χ0) is 17.3. The van der Waals surface area contributed by atoms with Gasteiger partial charge in [0.25, 0.3) is 16.0 Å². The molecule has 2 aromatic rings. The zero-order valence-electron chi connectivity index (χ0n) is 12.9. The second kappa shape index (κ2) is 6.33. The van der Waals surface area contributed by atoms with E-state index in [1.54, 1.807) is 18.2 Å². The Morgan fingerprint density at radius 2 is 1.88 bits per heavy atom. The Kier molecular flexibility index (Phi) is 4.38. The molecule has 3 rings (SSSR count). The maximum Gasteiger partial charge on any atom is 0.265 e. The van der Waals surface area contributed by atoms with E-state index in [0.717, 1.165) is 17.4 Å². The highest BCUT2D eigenvalue weighted by molar-refractivity contribution is 7.86. The molecule has 1 heterocycles. The van der Waals surface area contributed by atoms with Crippen molar-refractivity contribution in [3.8, 4) is 0 Å². The third kappa shape index (κ3) is 3.63. The maximum absolute atomic E-state index is 13.5. The van der Waals surface area contributed by atoms with Crippen molar-refractivity contribution in [1.29, 1.82) is 0 Å². The van der Waals surface area contributed by atoms with Gasteiger partial charge >= 0.3 is 0 Å². The SMILES string of the molecule is CS(=O)(=O)O[C@@H]1C(=O)Nc2cc(F)ccc2C[C@@H]1c1ccccc1. The number of carbonyl (C=O) groups is 1. The molecule has 0 saturated heterocycles. The first-order chi connectivity index (χ1) is 11.3. The van der Waals surface area contributed by atoms with Crippen LogP contribution in [0.2, 0.25) is 0 Å². The van der Waals surface area contributed by atoms with Crippen LogP contribution in [0, 0.1) is 5.82 Å². The van der Waals surface area contributed by atoms with Crippen LogP contribution in [0.5, 0.6) is 0 Å². The number of rotatable bonds is 3. The molecule has 7 heteroatoms. The van der Waals surface area contributed by atoms with Crippen LogP contribution in [0.3, 0.4) is 0 Å². The fourth-order valence-electron chi connectivity index (χ4n) is 2.87. The smallest absolute Gasteiger partial charge is 0.265 e. The first-order valence-electron chi connectivity index (χ1n) is 7.36. The van der Waals surface area contributed by atoms with E-state index in [1.165, 1.54) is 12.1 Å². The Morgan fingerprint density at radius 3 is 2.54 bits per heavy atom. The topological polar surface area (TPSA) is 72.5 Å². The predicted octanol–water partition coefficient (Wildman–Crippen LogP) is 2.45. The van der Waals surface area contributed by atoms with Gasteiger partial charge in [-0.15, -0.1) is 0 Å². The molecule has 0 radical (unpaired) electrons. The second-order valence-electron chi connectivity index (χ2n) is 5.73. The van der Waals surface area contributed by atoms with Crippen molar-refractivity contribution in [1.82, 2.24) is 0 Å². The van der Waals surface area contributed by atoms with E-state index >= 15 is 0 Å². The summed E-state index contributed by atoms with van der Waals surface area (Å²) in [7, 11) is -3.84. The van der Waals surface area contributed by atoms with Gasteiger partial charge in [-0.2, -0.15) is 8.42 Å². The van der Waals surface area contributed by atoms with Crippen LogP contribution in [-0.4, -0.2) is 26.7 Å². The number of nitrogens with one attached hydrogen (secondary N) is 1. The number of hydrogen-bond donors (Lipinski definition) is 1. The Morgan fingerprint density at radius 1 is 1.17 bits per heavy atom. The fraction of sp³-hybridized carbons (Fsp3) is 0.235. The van der Waals surface area contributed by atoms with Crippen LogP contribution in [-0.2, 0) is 25.5 Å². The van der Waals surface area contributed by atoms with Crippen LogP contribution in [0.1, 0.15) is 17.0 Å². The van der Waals surface area contributed by atoms with Gasteiger partial charge in [0.2, 0.25) is 0 Å². The summed E-state index contributed by atoms with van der Waals surface area (Å²) in [5, 5.41) is 2.57. The van der Waals surface area contributed by atoms with Crippen LogP contribution in [0.4, 0.5) is 10.1 Å². The summed E-state index contributed by atoms with van der Waals surface area (Å²) >= 11 is 0. The first kappa shape index (κ1) is 16.6. The van der Waals surface area contributed by atoms with Gasteiger partial charge in [-0.05, 0) is 29.7 Å². The van der Waals surface area contributed by atoms with Gasteiger partial charge in [0, 0.05) is 11.6 Å². The van der Waals surface area contributed by atoms with Gasteiger partial charge in [-0.25, -0.2) is 4.39 Å². The molecule has 2 atom stereocenters. The number of anilines is 1. The van der Waals surface area contributed by atoms with E-state index in [1.807, 2.05) is 18.2 Å². The van der Waals surface area contributed by atoms with Crippen molar-refractivity contribution < 1.29 is 21.8 Å². The summed E-state index contributed by atoms with van der Waals surface area (Å²) in [6.07, 6.45) is 0.0244. The molecule has 1 aliphatic heterocycles. The van der Waals surface area contributed by atoms with Crippen molar-refractivity contribution in [2.45, 2.75) is 18.4 Å². The normalized spacial score (nSPS) is 20.8. The number of halogens is 1. The minimum Gasteiger partial charge on any atom is -0.323 e. The van der Waals surface area contributed by atoms with E-state index in [-0.39, 0.29) is 0 Å². The highest BCUT2D eigenvalue weighted by atomic mass is 32.2. The molecule has 0 bridgehead atoms. The van der Waals surface area contributed by atoms with Gasteiger partial charge in [0.05, 0.1) is 6.26 Å². The van der Waals surface area contributed by atoms with Gasteiger partial charge in [-0.1, -0.05) is 36.4 Å². The third-order valence-electron chi connectivity index (χ3n) is 3.90. The molecule has 1 aliphatic rings. The molecule has 0 aromatic heterocycles. The summed E-state index contributed by atoms with van der Waals surface area (Å²) in [5.41, 5.74) is 1.83. The lowest BCUT2D eigenvalue weighted by molar-refractivity contribution is -0.123. The molecular formula is C17H16FNO4S. The van der Waals surface area contributed by atoms with Crippen LogP contribution >= 0.6 is 0 Å². The van der Waals surface area contributed by atoms with E-state index in [9.17, 15) is 17.6 Å². The Hall–Kier alpha value is -2.25. The van der Waals surface area contributed by atoms with Gasteiger partial charge in [-0.3, -0.25) is 8.98 Å².